The van der Waals surface area contributed by atoms with Gasteiger partial charge >= 0.3 is 0 Å². The fourth-order valence-corrected chi connectivity index (χ4v) is 0. The Labute approximate surface area is 42.9 Å². The summed E-state index contributed by atoms with van der Waals surface area (Å²) in [5, 5.41) is 8.06. The zero-order valence-corrected chi connectivity index (χ0v) is 4.44. The van der Waals surface area contributed by atoms with Crippen molar-refractivity contribution < 1.29 is 5.11 Å². The van der Waals surface area contributed by atoms with E-state index in [1.807, 2.05) is 0 Å². The van der Waals surface area contributed by atoms with Gasteiger partial charge in [-0.15, -0.1) is 11.6 Å². The van der Waals surface area contributed by atoms with Crippen molar-refractivity contribution in [1.82, 2.24) is 0 Å². The molecule has 0 fully saturated rings. The van der Waals surface area contributed by atoms with Crippen LogP contribution in [-0.2, 0) is 0 Å². The Hall–Kier alpha value is 0.250. The molecule has 1 nitrogen and oxygen atoms in total. The molecule has 0 aromatic carbocycles. The minimum absolute atomic E-state index is 0.370. The highest BCUT2D eigenvalue weighted by molar-refractivity contribution is 6.21. The van der Waals surface area contributed by atoms with E-state index in [2.05, 4.69) is 6.92 Å². The van der Waals surface area contributed by atoms with Crippen molar-refractivity contribution in [1.29, 1.82) is 0 Å². The summed E-state index contributed by atoms with van der Waals surface area (Å²) in [7, 11) is 0. The Morgan fingerprint density at radius 2 is 2.00 bits per heavy atom. The number of aliphatic hydroxyl groups excluding tert-OH is 1. The molecule has 0 aliphatic carbocycles. The predicted molar refractivity (Wildman–Crippen MR) is 26.7 cm³/mol. The molecule has 37 valence electrons. The van der Waals surface area contributed by atoms with E-state index in [4.69, 9.17) is 16.7 Å². The average Bonchev–Trinajstić information content (AvgIpc) is 1.36. The number of halogens is 1. The van der Waals surface area contributed by atoms with Crippen molar-refractivity contribution in [3.63, 3.8) is 0 Å². The van der Waals surface area contributed by atoms with Crippen LogP contribution in [0.25, 0.3) is 0 Å². The number of rotatable bonds is 1. The molecule has 2 atom stereocenters. The van der Waals surface area contributed by atoms with E-state index in [-0.39, 0.29) is 5.38 Å². The lowest BCUT2D eigenvalue weighted by molar-refractivity contribution is 0.201. The Bertz CT molecular complexity index is 28.5. The fourth-order valence-electron chi connectivity index (χ4n) is 0. The van der Waals surface area contributed by atoms with Crippen LogP contribution in [0.4, 0.5) is 0 Å². The molecule has 0 spiro atoms. The summed E-state index contributed by atoms with van der Waals surface area (Å²) in [6, 6.07) is 0. The van der Waals surface area contributed by atoms with Crippen LogP contribution in [0.1, 0.15) is 6.92 Å². The summed E-state index contributed by atoms with van der Waals surface area (Å²) in [5.74, 6) is 0. The summed E-state index contributed by atoms with van der Waals surface area (Å²) in [6.07, 6.45) is -0.494. The Balaban J connectivity index is 2.99. The van der Waals surface area contributed by atoms with Gasteiger partial charge in [0.25, 0.3) is 0 Å². The number of hydrogen-bond donors (Lipinski definition) is 1. The quantitative estimate of drug-likeness (QED) is 0.492. The number of hydrogen-bond acceptors (Lipinski definition) is 1. The van der Waals surface area contributed by atoms with Crippen molar-refractivity contribution in [2.75, 3.05) is 0 Å². The number of aliphatic hydroxyl groups is 1. The SMILES string of the molecule is [CH2]C(Cl)C(C)O. The summed E-state index contributed by atoms with van der Waals surface area (Å²) in [5.41, 5.74) is 0. The first-order valence-electron chi connectivity index (χ1n) is 1.80. The molecule has 2 heteroatoms. The van der Waals surface area contributed by atoms with Gasteiger partial charge < -0.3 is 5.11 Å². The van der Waals surface area contributed by atoms with Gasteiger partial charge in [-0.05, 0) is 13.8 Å². The van der Waals surface area contributed by atoms with Crippen LogP contribution in [0, 0.1) is 6.92 Å². The van der Waals surface area contributed by atoms with Crippen LogP contribution < -0.4 is 0 Å². The van der Waals surface area contributed by atoms with Gasteiger partial charge in [0.1, 0.15) is 0 Å². The normalized spacial score (nSPS) is 20.0. The fraction of sp³-hybridized carbons (Fsp3) is 0.750. The van der Waals surface area contributed by atoms with Crippen molar-refractivity contribution >= 4 is 11.6 Å². The average molecular weight is 108 g/mol. The third-order valence-corrected chi connectivity index (χ3v) is 0.888. The third kappa shape index (κ3) is 2.49. The first kappa shape index (κ1) is 6.25. The van der Waals surface area contributed by atoms with Gasteiger partial charge in [0.05, 0.1) is 11.5 Å². The highest BCUT2D eigenvalue weighted by Gasteiger charge is 2.00. The van der Waals surface area contributed by atoms with Crippen molar-refractivity contribution in [3.05, 3.63) is 6.92 Å². The van der Waals surface area contributed by atoms with Crippen LogP contribution >= 0.6 is 11.6 Å². The lowest BCUT2D eigenvalue weighted by Gasteiger charge is -2.01. The standard InChI is InChI=1S/C4H8ClO/c1-3(5)4(2)6/h3-4,6H,1H2,2H3. The first-order valence-corrected chi connectivity index (χ1v) is 2.23. The van der Waals surface area contributed by atoms with E-state index in [9.17, 15) is 0 Å². The number of alkyl halides is 1. The van der Waals surface area contributed by atoms with Gasteiger partial charge in [-0.25, -0.2) is 0 Å². The molecule has 0 heterocycles. The van der Waals surface area contributed by atoms with E-state index in [1.165, 1.54) is 0 Å². The Kier molecular flexibility index (Phi) is 2.53. The highest BCUT2D eigenvalue weighted by atomic mass is 35.5. The van der Waals surface area contributed by atoms with Crippen LogP contribution in [-0.4, -0.2) is 16.6 Å². The molecule has 0 aliphatic rings. The maximum Gasteiger partial charge on any atom is 0.0675 e. The molecule has 0 aliphatic heterocycles. The summed E-state index contributed by atoms with van der Waals surface area (Å²) < 4.78 is 0. The lowest BCUT2D eigenvalue weighted by Crippen LogP contribution is -2.11. The topological polar surface area (TPSA) is 20.2 Å². The van der Waals surface area contributed by atoms with Crippen molar-refractivity contribution in [2.24, 2.45) is 0 Å². The maximum absolute atomic E-state index is 8.44. The van der Waals surface area contributed by atoms with Gasteiger partial charge in [0.2, 0.25) is 0 Å². The Morgan fingerprint density at radius 3 is 2.00 bits per heavy atom. The van der Waals surface area contributed by atoms with Crippen LogP contribution in [0.5, 0.6) is 0 Å². The second-order valence-electron chi connectivity index (χ2n) is 1.26. The molecular weight excluding hydrogens is 99.5 g/mol. The molecule has 6 heavy (non-hydrogen) atoms. The molecule has 0 saturated heterocycles. The van der Waals surface area contributed by atoms with Crippen LogP contribution in [0.3, 0.4) is 0 Å². The zero-order chi connectivity index (χ0) is 5.15. The van der Waals surface area contributed by atoms with Crippen LogP contribution in [0.2, 0.25) is 0 Å². The minimum Gasteiger partial charge on any atom is -0.392 e. The molecule has 0 bridgehead atoms. The summed E-state index contributed by atoms with van der Waals surface area (Å²) in [4.78, 5) is 0. The molecule has 0 aromatic rings. The van der Waals surface area contributed by atoms with Gasteiger partial charge in [0, 0.05) is 0 Å². The smallest absolute Gasteiger partial charge is 0.0675 e. The van der Waals surface area contributed by atoms with E-state index < -0.39 is 6.10 Å². The van der Waals surface area contributed by atoms with Crippen molar-refractivity contribution in [2.45, 2.75) is 18.4 Å². The molecule has 0 amide bonds. The highest BCUT2D eigenvalue weighted by Crippen LogP contribution is 1.97. The van der Waals surface area contributed by atoms with Gasteiger partial charge in [-0.3, -0.25) is 0 Å². The van der Waals surface area contributed by atoms with Gasteiger partial charge in [-0.1, -0.05) is 0 Å². The van der Waals surface area contributed by atoms with E-state index in [1.54, 1.807) is 6.92 Å². The molecule has 1 N–H and O–H groups in total. The second kappa shape index (κ2) is 2.43. The van der Waals surface area contributed by atoms with E-state index in [0.717, 1.165) is 0 Å². The minimum atomic E-state index is -0.494. The van der Waals surface area contributed by atoms with Crippen molar-refractivity contribution in [3.8, 4) is 0 Å². The molecule has 0 saturated carbocycles. The molecule has 0 rings (SSSR count). The largest absolute Gasteiger partial charge is 0.392 e. The van der Waals surface area contributed by atoms with Crippen LogP contribution in [0.15, 0.2) is 0 Å². The zero-order valence-electron chi connectivity index (χ0n) is 3.69. The van der Waals surface area contributed by atoms with E-state index >= 15 is 0 Å². The van der Waals surface area contributed by atoms with Gasteiger partial charge in [0.15, 0.2) is 0 Å². The molecule has 0 aromatic heterocycles. The maximum atomic E-state index is 8.44. The van der Waals surface area contributed by atoms with Gasteiger partial charge in [-0.2, -0.15) is 0 Å². The lowest BCUT2D eigenvalue weighted by atomic mass is 10.3. The Morgan fingerprint density at radius 1 is 1.83 bits per heavy atom. The third-order valence-electron chi connectivity index (χ3n) is 0.523. The predicted octanol–water partition coefficient (Wildman–Crippen LogP) is 0.809. The monoisotopic (exact) mass is 107 g/mol. The molecular formula is C4H8ClO. The first-order chi connectivity index (χ1) is 2.64. The van der Waals surface area contributed by atoms with E-state index in [0.29, 0.717) is 0 Å². The summed E-state index contributed by atoms with van der Waals surface area (Å²) >= 11 is 5.25. The molecule has 2 unspecified atom stereocenters. The summed E-state index contributed by atoms with van der Waals surface area (Å²) in [6.45, 7) is 4.96. The molecule has 1 radical (unpaired) electrons. The second-order valence-corrected chi connectivity index (χ2v) is 1.82.